The fourth-order valence-electron chi connectivity index (χ4n) is 0.992. The molecule has 0 amide bonds. The van der Waals surface area contributed by atoms with Gasteiger partial charge in [-0.25, -0.2) is 9.97 Å². The molecule has 0 unspecified atom stereocenters. The van der Waals surface area contributed by atoms with Gasteiger partial charge in [-0.05, 0) is 45.1 Å². The molecule has 4 heteroatoms. The number of hydrogen-bond donors (Lipinski definition) is 0. The summed E-state index contributed by atoms with van der Waals surface area (Å²) in [4.78, 5) is 7.95. The van der Waals surface area contributed by atoms with Crippen molar-refractivity contribution in [2.75, 3.05) is 0 Å². The molecule has 0 aliphatic carbocycles. The van der Waals surface area contributed by atoms with Gasteiger partial charge >= 0.3 is 0 Å². The summed E-state index contributed by atoms with van der Waals surface area (Å²) in [5.41, 5.74) is 2.10. The second-order valence-electron chi connectivity index (χ2n) is 2.65. The van der Waals surface area contributed by atoms with Gasteiger partial charge in [-0.1, -0.05) is 6.08 Å². The van der Waals surface area contributed by atoms with Crippen LogP contribution in [0.1, 0.15) is 11.3 Å². The molecule has 70 valence electrons. The van der Waals surface area contributed by atoms with Crippen LogP contribution >= 0.6 is 27.3 Å². The molecule has 0 spiro atoms. The van der Waals surface area contributed by atoms with Crippen molar-refractivity contribution in [1.29, 1.82) is 0 Å². The van der Waals surface area contributed by atoms with Crippen LogP contribution in [0.2, 0.25) is 0 Å². The lowest BCUT2D eigenvalue weighted by Crippen LogP contribution is -1.79. The van der Waals surface area contributed by atoms with E-state index in [4.69, 9.17) is 0 Å². The topological polar surface area (TPSA) is 25.8 Å². The van der Waals surface area contributed by atoms with Crippen LogP contribution in [0.25, 0.3) is 12.2 Å². The van der Waals surface area contributed by atoms with Crippen LogP contribution in [0.5, 0.6) is 0 Å². The number of hydrogen-bond acceptors (Lipinski definition) is 3. The van der Waals surface area contributed by atoms with E-state index >= 15 is 0 Å². The fraction of sp³-hybridized carbons (Fsp3) is 0. The second-order valence-corrected chi connectivity index (χ2v) is 4.94. The molecule has 0 saturated carbocycles. The van der Waals surface area contributed by atoms with Gasteiger partial charge in [-0.3, -0.25) is 0 Å². The van der Waals surface area contributed by atoms with Crippen molar-refractivity contribution in [2.24, 2.45) is 0 Å². The van der Waals surface area contributed by atoms with Gasteiger partial charge < -0.3 is 0 Å². The van der Waals surface area contributed by atoms with Crippen LogP contribution in [0.3, 0.4) is 0 Å². The third-order valence-electron chi connectivity index (χ3n) is 1.64. The lowest BCUT2D eigenvalue weighted by Gasteiger charge is -1.88. The summed E-state index contributed by atoms with van der Waals surface area (Å²) >= 11 is 5.09. The van der Waals surface area contributed by atoms with E-state index in [-0.39, 0.29) is 0 Å². The molecule has 0 fully saturated rings. The van der Waals surface area contributed by atoms with E-state index in [1.165, 1.54) is 5.56 Å². The van der Waals surface area contributed by atoms with E-state index in [1.54, 1.807) is 23.9 Å². The first-order valence-electron chi connectivity index (χ1n) is 4.03. The summed E-state index contributed by atoms with van der Waals surface area (Å²) in [7, 11) is 0. The van der Waals surface area contributed by atoms with E-state index in [0.717, 1.165) is 9.48 Å². The van der Waals surface area contributed by atoms with Crippen LogP contribution in [-0.2, 0) is 0 Å². The highest BCUT2D eigenvalue weighted by Crippen LogP contribution is 2.21. The number of nitrogens with zero attached hydrogens (tertiary/aromatic N) is 2. The van der Waals surface area contributed by atoms with Crippen molar-refractivity contribution in [3.05, 3.63) is 45.1 Å². The Morgan fingerprint density at radius 3 is 2.93 bits per heavy atom. The molecule has 2 nitrogen and oxygen atoms in total. The lowest BCUT2D eigenvalue weighted by atomic mass is 10.3. The molecular formula is C10H7BrN2S. The Kier molecular flexibility index (Phi) is 3.06. The molecule has 0 N–H and O–H groups in total. The third-order valence-corrected chi connectivity index (χ3v) is 3.16. The molecular weight excluding hydrogens is 260 g/mol. The molecule has 0 atom stereocenters. The molecule has 0 aliphatic rings. The van der Waals surface area contributed by atoms with Crippen molar-refractivity contribution < 1.29 is 0 Å². The van der Waals surface area contributed by atoms with Crippen molar-refractivity contribution in [2.45, 2.75) is 0 Å². The van der Waals surface area contributed by atoms with Crippen LogP contribution in [0, 0.1) is 0 Å². The largest absolute Gasteiger partial charge is 0.245 e. The quantitative estimate of drug-likeness (QED) is 0.832. The molecule has 2 aromatic heterocycles. The molecule has 0 radical (unpaired) electrons. The monoisotopic (exact) mass is 266 g/mol. The highest BCUT2D eigenvalue weighted by atomic mass is 79.9. The zero-order valence-electron chi connectivity index (χ0n) is 7.22. The minimum absolute atomic E-state index is 0.919. The molecule has 0 saturated heterocycles. The lowest BCUT2D eigenvalue weighted by molar-refractivity contribution is 1.15. The average Bonchev–Trinajstić information content (AvgIpc) is 2.63. The maximum Gasteiger partial charge on any atom is 0.115 e. The van der Waals surface area contributed by atoms with Crippen molar-refractivity contribution in [3.8, 4) is 0 Å². The third kappa shape index (κ3) is 2.49. The first-order chi connectivity index (χ1) is 6.84. The normalized spacial score (nSPS) is 10.9. The van der Waals surface area contributed by atoms with Crippen molar-refractivity contribution >= 4 is 39.4 Å². The van der Waals surface area contributed by atoms with Gasteiger partial charge in [0, 0.05) is 6.20 Å². The summed E-state index contributed by atoms with van der Waals surface area (Å²) in [5.74, 6) is 0. The van der Waals surface area contributed by atoms with E-state index in [9.17, 15) is 0 Å². The number of aromatic nitrogens is 2. The van der Waals surface area contributed by atoms with Crippen LogP contribution in [-0.4, -0.2) is 9.97 Å². The van der Waals surface area contributed by atoms with Gasteiger partial charge in [-0.15, -0.1) is 11.3 Å². The van der Waals surface area contributed by atoms with Gasteiger partial charge in [0.2, 0.25) is 0 Å². The molecule has 2 rings (SSSR count). The minimum atomic E-state index is 0.919. The van der Waals surface area contributed by atoms with Gasteiger partial charge in [0.25, 0.3) is 0 Å². The Morgan fingerprint density at radius 2 is 2.29 bits per heavy atom. The van der Waals surface area contributed by atoms with E-state index in [0.29, 0.717) is 0 Å². The predicted octanol–water partition coefficient (Wildman–Crippen LogP) is 3.47. The predicted molar refractivity (Wildman–Crippen MR) is 63.0 cm³/mol. The van der Waals surface area contributed by atoms with E-state index in [1.807, 2.05) is 18.2 Å². The SMILES string of the molecule is Brc1cc(/C=C/c2ccncn2)cs1. The Bertz CT molecular complexity index is 436. The standard InChI is InChI=1S/C10H7BrN2S/c11-10-5-8(6-14-10)1-2-9-3-4-12-7-13-9/h1-7H/b2-1+. The van der Waals surface area contributed by atoms with Crippen molar-refractivity contribution in [3.63, 3.8) is 0 Å². The molecule has 2 heterocycles. The Morgan fingerprint density at radius 1 is 1.36 bits per heavy atom. The molecule has 2 aromatic rings. The van der Waals surface area contributed by atoms with Gasteiger partial charge in [0.15, 0.2) is 0 Å². The summed E-state index contributed by atoms with van der Waals surface area (Å²) in [6.45, 7) is 0. The molecule has 14 heavy (non-hydrogen) atoms. The summed E-state index contributed by atoms with van der Waals surface area (Å²) in [5, 5.41) is 2.09. The summed E-state index contributed by atoms with van der Waals surface area (Å²) in [6.07, 6.45) is 7.28. The molecule has 0 aliphatic heterocycles. The van der Waals surface area contributed by atoms with Gasteiger partial charge in [0.1, 0.15) is 6.33 Å². The van der Waals surface area contributed by atoms with E-state index < -0.39 is 0 Å². The highest BCUT2D eigenvalue weighted by Gasteiger charge is 1.92. The first-order valence-corrected chi connectivity index (χ1v) is 5.70. The smallest absolute Gasteiger partial charge is 0.115 e. The zero-order chi connectivity index (χ0) is 9.80. The van der Waals surface area contributed by atoms with Crippen LogP contribution < -0.4 is 0 Å². The Labute approximate surface area is 94.5 Å². The summed E-state index contributed by atoms with van der Waals surface area (Å²) in [6, 6.07) is 3.94. The number of halogens is 1. The summed E-state index contributed by atoms with van der Waals surface area (Å²) < 4.78 is 1.14. The molecule has 0 bridgehead atoms. The van der Waals surface area contributed by atoms with Gasteiger partial charge in [0.05, 0.1) is 9.48 Å². The maximum atomic E-state index is 4.09. The highest BCUT2D eigenvalue weighted by molar-refractivity contribution is 9.11. The Balaban J connectivity index is 2.15. The number of thiophene rings is 1. The van der Waals surface area contributed by atoms with E-state index in [2.05, 4.69) is 37.3 Å². The maximum absolute atomic E-state index is 4.09. The number of rotatable bonds is 2. The minimum Gasteiger partial charge on any atom is -0.245 e. The first kappa shape index (κ1) is 9.55. The zero-order valence-corrected chi connectivity index (χ0v) is 9.62. The van der Waals surface area contributed by atoms with Crippen LogP contribution in [0.15, 0.2) is 33.8 Å². The average molecular weight is 267 g/mol. The second kappa shape index (κ2) is 4.48. The Hall–Kier alpha value is -1.00. The van der Waals surface area contributed by atoms with Crippen LogP contribution in [0.4, 0.5) is 0 Å². The van der Waals surface area contributed by atoms with Crippen molar-refractivity contribution in [1.82, 2.24) is 9.97 Å². The fourth-order valence-corrected chi connectivity index (χ4v) is 2.14. The van der Waals surface area contributed by atoms with Gasteiger partial charge in [-0.2, -0.15) is 0 Å². The molecule has 0 aromatic carbocycles.